The van der Waals surface area contributed by atoms with E-state index in [1.165, 1.54) is 12.3 Å². The van der Waals surface area contributed by atoms with Crippen molar-refractivity contribution in [3.05, 3.63) is 107 Å². The molecule has 0 saturated carbocycles. The second-order valence-corrected chi connectivity index (χ2v) is 8.45. The lowest BCUT2D eigenvalue weighted by molar-refractivity contribution is -0.128. The summed E-state index contributed by atoms with van der Waals surface area (Å²) >= 11 is 1.56. The Morgan fingerprint density at radius 1 is 1.03 bits per heavy atom. The lowest BCUT2D eigenvalue weighted by Crippen LogP contribution is -2.27. The van der Waals surface area contributed by atoms with Gasteiger partial charge in [0.1, 0.15) is 5.37 Å². The Balaban J connectivity index is 1.42. The molecule has 1 atom stereocenters. The SMILES string of the molecule is O=C(N/N=C\c1ccccc1C(=O)O)c1ccc([C@H]2SCC(=O)N2Cc2ccccc2)cc1. The first kappa shape index (κ1) is 22.3. The van der Waals surface area contributed by atoms with Crippen LogP contribution in [0.5, 0.6) is 0 Å². The summed E-state index contributed by atoms with van der Waals surface area (Å²) in [4.78, 5) is 38.0. The average Bonchev–Trinajstić information content (AvgIpc) is 3.20. The maximum atomic E-state index is 12.4. The largest absolute Gasteiger partial charge is 0.478 e. The van der Waals surface area contributed by atoms with Crippen LogP contribution in [0.25, 0.3) is 0 Å². The minimum atomic E-state index is -1.07. The number of nitrogens with zero attached hydrogens (tertiary/aromatic N) is 2. The summed E-state index contributed by atoms with van der Waals surface area (Å²) in [7, 11) is 0. The molecule has 0 aliphatic carbocycles. The van der Waals surface area contributed by atoms with Gasteiger partial charge in [0, 0.05) is 17.7 Å². The molecule has 3 aromatic carbocycles. The van der Waals surface area contributed by atoms with Gasteiger partial charge in [0.15, 0.2) is 0 Å². The van der Waals surface area contributed by atoms with Crippen LogP contribution in [0.3, 0.4) is 0 Å². The van der Waals surface area contributed by atoms with Crippen LogP contribution >= 0.6 is 11.8 Å². The van der Waals surface area contributed by atoms with E-state index in [4.69, 9.17) is 0 Å². The molecular weight excluding hydrogens is 438 g/mol. The van der Waals surface area contributed by atoms with Crippen molar-refractivity contribution < 1.29 is 19.5 Å². The van der Waals surface area contributed by atoms with E-state index in [-0.39, 0.29) is 16.8 Å². The smallest absolute Gasteiger partial charge is 0.336 e. The Labute approximate surface area is 195 Å². The molecule has 1 saturated heterocycles. The van der Waals surface area contributed by atoms with Gasteiger partial charge in [-0.2, -0.15) is 5.10 Å². The number of carbonyl (C=O) groups is 3. The van der Waals surface area contributed by atoms with Crippen LogP contribution in [0.15, 0.2) is 84.0 Å². The molecule has 8 heteroatoms. The molecule has 2 N–H and O–H groups in total. The highest BCUT2D eigenvalue weighted by atomic mass is 32.2. The van der Waals surface area contributed by atoms with Crippen molar-refractivity contribution in [3.63, 3.8) is 0 Å². The standard InChI is InChI=1S/C25H21N3O4S/c29-22-16-33-24(28(22)15-17-6-2-1-3-7-17)19-12-10-18(11-13-19)23(30)27-26-14-20-8-4-5-9-21(20)25(31)32/h1-14,24H,15-16H2,(H,27,30)(H,31,32)/b26-14-/t24-/m1/s1. The zero-order valence-corrected chi connectivity index (χ0v) is 18.4. The van der Waals surface area contributed by atoms with Crippen molar-refractivity contribution in [2.45, 2.75) is 11.9 Å². The Morgan fingerprint density at radius 3 is 2.45 bits per heavy atom. The highest BCUT2D eigenvalue weighted by Gasteiger charge is 2.32. The Kier molecular flexibility index (Phi) is 6.85. The zero-order chi connectivity index (χ0) is 23.2. The third kappa shape index (κ3) is 5.30. The molecule has 1 aliphatic heterocycles. The van der Waals surface area contributed by atoms with E-state index in [9.17, 15) is 19.5 Å². The number of hydrazone groups is 1. The fraction of sp³-hybridized carbons (Fsp3) is 0.120. The van der Waals surface area contributed by atoms with Gasteiger partial charge in [-0.15, -0.1) is 11.8 Å². The minimum Gasteiger partial charge on any atom is -0.478 e. The van der Waals surface area contributed by atoms with Gasteiger partial charge < -0.3 is 10.0 Å². The number of amides is 2. The molecule has 2 amide bonds. The van der Waals surface area contributed by atoms with E-state index in [1.54, 1.807) is 42.1 Å². The number of hydrogen-bond donors (Lipinski definition) is 2. The molecule has 0 spiro atoms. The van der Waals surface area contributed by atoms with E-state index in [1.807, 2.05) is 47.4 Å². The second-order valence-electron chi connectivity index (χ2n) is 7.38. The molecule has 0 bridgehead atoms. The van der Waals surface area contributed by atoms with Gasteiger partial charge in [0.05, 0.1) is 17.5 Å². The normalized spacial score (nSPS) is 15.7. The molecule has 1 aliphatic rings. The van der Waals surface area contributed by atoms with Crippen LogP contribution in [0.4, 0.5) is 0 Å². The predicted octanol–water partition coefficient (Wildman–Crippen LogP) is 3.92. The van der Waals surface area contributed by atoms with Crippen LogP contribution in [0.1, 0.15) is 42.8 Å². The molecular formula is C25H21N3O4S. The van der Waals surface area contributed by atoms with Crippen molar-refractivity contribution >= 4 is 35.8 Å². The van der Waals surface area contributed by atoms with Crippen LogP contribution in [-0.2, 0) is 11.3 Å². The van der Waals surface area contributed by atoms with Gasteiger partial charge in [0.25, 0.3) is 5.91 Å². The minimum absolute atomic E-state index is 0.0895. The molecule has 7 nitrogen and oxygen atoms in total. The summed E-state index contributed by atoms with van der Waals surface area (Å²) in [6.45, 7) is 0.534. The molecule has 0 unspecified atom stereocenters. The Morgan fingerprint density at radius 2 is 1.73 bits per heavy atom. The van der Waals surface area contributed by atoms with E-state index in [0.717, 1.165) is 11.1 Å². The summed E-state index contributed by atoms with van der Waals surface area (Å²) in [5.41, 5.74) is 5.33. The number of hydrogen-bond acceptors (Lipinski definition) is 5. The van der Waals surface area contributed by atoms with Crippen LogP contribution in [0, 0.1) is 0 Å². The van der Waals surface area contributed by atoms with Crippen molar-refractivity contribution in [3.8, 4) is 0 Å². The number of carboxylic acid groups (broad SMARTS) is 1. The number of carboxylic acids is 1. The lowest BCUT2D eigenvalue weighted by Gasteiger charge is -2.24. The molecule has 4 rings (SSSR count). The average molecular weight is 460 g/mol. The molecule has 3 aromatic rings. The molecule has 1 fully saturated rings. The topological polar surface area (TPSA) is 99.1 Å². The summed E-state index contributed by atoms with van der Waals surface area (Å²) in [6, 6.07) is 23.3. The molecule has 166 valence electrons. The molecule has 33 heavy (non-hydrogen) atoms. The number of nitrogens with one attached hydrogen (secondary N) is 1. The van der Waals surface area contributed by atoms with E-state index < -0.39 is 11.9 Å². The fourth-order valence-electron chi connectivity index (χ4n) is 3.51. The van der Waals surface area contributed by atoms with Gasteiger partial charge in [-0.05, 0) is 29.3 Å². The maximum Gasteiger partial charge on any atom is 0.336 e. The van der Waals surface area contributed by atoms with E-state index in [2.05, 4.69) is 10.5 Å². The summed E-state index contributed by atoms with van der Waals surface area (Å²) in [6.07, 6.45) is 1.30. The third-order valence-corrected chi connectivity index (χ3v) is 6.44. The molecule has 0 aromatic heterocycles. The van der Waals surface area contributed by atoms with Gasteiger partial charge in [-0.1, -0.05) is 60.7 Å². The predicted molar refractivity (Wildman–Crippen MR) is 127 cm³/mol. The van der Waals surface area contributed by atoms with Crippen molar-refractivity contribution in [2.75, 3.05) is 5.75 Å². The lowest BCUT2D eigenvalue weighted by atomic mass is 10.1. The maximum absolute atomic E-state index is 12.4. The first-order chi connectivity index (χ1) is 16.0. The van der Waals surface area contributed by atoms with Gasteiger partial charge in [-0.25, -0.2) is 10.2 Å². The first-order valence-electron chi connectivity index (χ1n) is 10.2. The summed E-state index contributed by atoms with van der Waals surface area (Å²) in [5, 5.41) is 13.0. The van der Waals surface area contributed by atoms with Crippen LogP contribution < -0.4 is 5.43 Å². The zero-order valence-electron chi connectivity index (χ0n) is 17.5. The van der Waals surface area contributed by atoms with Gasteiger partial charge >= 0.3 is 5.97 Å². The van der Waals surface area contributed by atoms with E-state index in [0.29, 0.717) is 23.4 Å². The Hall–Kier alpha value is -3.91. The van der Waals surface area contributed by atoms with Crippen molar-refractivity contribution in [1.82, 2.24) is 10.3 Å². The third-order valence-electron chi connectivity index (χ3n) is 5.18. The second kappa shape index (κ2) is 10.1. The number of aromatic carboxylic acids is 1. The van der Waals surface area contributed by atoms with Gasteiger partial charge in [-0.3, -0.25) is 9.59 Å². The first-order valence-corrected chi connectivity index (χ1v) is 11.3. The fourth-order valence-corrected chi connectivity index (χ4v) is 4.70. The highest BCUT2D eigenvalue weighted by Crippen LogP contribution is 2.39. The quantitative estimate of drug-likeness (QED) is 0.412. The highest BCUT2D eigenvalue weighted by molar-refractivity contribution is 8.00. The van der Waals surface area contributed by atoms with E-state index >= 15 is 0 Å². The Bertz CT molecular complexity index is 1200. The summed E-state index contributed by atoms with van der Waals surface area (Å²) in [5.74, 6) is -0.969. The number of benzene rings is 3. The van der Waals surface area contributed by atoms with Gasteiger partial charge in [0.2, 0.25) is 5.91 Å². The van der Waals surface area contributed by atoms with Crippen LogP contribution in [0.2, 0.25) is 0 Å². The molecule has 0 radical (unpaired) electrons. The monoisotopic (exact) mass is 459 g/mol. The summed E-state index contributed by atoms with van der Waals surface area (Å²) < 4.78 is 0. The van der Waals surface area contributed by atoms with Crippen molar-refractivity contribution in [1.29, 1.82) is 0 Å². The molecule has 1 heterocycles. The number of carbonyl (C=O) groups excluding carboxylic acids is 2. The number of rotatable bonds is 7. The number of thioether (sulfide) groups is 1. The van der Waals surface area contributed by atoms with Crippen molar-refractivity contribution in [2.24, 2.45) is 5.10 Å². The van der Waals surface area contributed by atoms with Crippen LogP contribution in [-0.4, -0.2) is 39.8 Å².